The van der Waals surface area contributed by atoms with Crippen LogP contribution in [0.4, 0.5) is 0 Å². The first-order valence-corrected chi connectivity index (χ1v) is 5.77. The lowest BCUT2D eigenvalue weighted by molar-refractivity contribution is 1.27. The number of aromatic nitrogens is 2. The zero-order valence-electron chi connectivity index (χ0n) is 9.72. The van der Waals surface area contributed by atoms with Gasteiger partial charge in [0, 0.05) is 23.3 Å². The summed E-state index contributed by atoms with van der Waals surface area (Å²) in [4.78, 5) is 7.48. The van der Waals surface area contributed by atoms with Crippen molar-refractivity contribution in [2.24, 2.45) is 0 Å². The highest BCUT2D eigenvalue weighted by atomic mass is 14.8. The Labute approximate surface area is 105 Å². The van der Waals surface area contributed by atoms with Crippen molar-refractivity contribution >= 4 is 11.0 Å². The first-order valence-electron chi connectivity index (χ1n) is 5.77. The van der Waals surface area contributed by atoms with Gasteiger partial charge in [-0.05, 0) is 17.2 Å². The van der Waals surface area contributed by atoms with Gasteiger partial charge in [-0.3, -0.25) is 0 Å². The molecule has 1 N–H and O–H groups in total. The van der Waals surface area contributed by atoms with Gasteiger partial charge in [-0.2, -0.15) is 5.26 Å². The van der Waals surface area contributed by atoms with E-state index in [1.165, 1.54) is 0 Å². The molecule has 3 nitrogen and oxygen atoms in total. The molecule has 2 heterocycles. The molecule has 0 amide bonds. The molecule has 0 aliphatic heterocycles. The van der Waals surface area contributed by atoms with Crippen LogP contribution in [0.3, 0.4) is 0 Å². The molecule has 0 aliphatic carbocycles. The number of hydrogen-bond acceptors (Lipinski definition) is 2. The van der Waals surface area contributed by atoms with Crippen LogP contribution >= 0.6 is 0 Å². The van der Waals surface area contributed by atoms with Crippen LogP contribution in [0.15, 0.2) is 48.8 Å². The van der Waals surface area contributed by atoms with Gasteiger partial charge in [-0.1, -0.05) is 30.3 Å². The van der Waals surface area contributed by atoms with E-state index in [4.69, 9.17) is 5.26 Å². The topological polar surface area (TPSA) is 52.5 Å². The summed E-state index contributed by atoms with van der Waals surface area (Å²) in [5, 5.41) is 9.83. The summed E-state index contributed by atoms with van der Waals surface area (Å²) in [5.74, 6) is 0. The van der Waals surface area contributed by atoms with Gasteiger partial charge in [0.15, 0.2) is 0 Å². The first-order chi connectivity index (χ1) is 8.88. The minimum absolute atomic E-state index is 0.403. The zero-order chi connectivity index (χ0) is 12.4. The standard InChI is InChI=1S/C15H11N3/c16-7-6-12-9-17-15-14(12)8-13(10-18-15)11-4-2-1-3-5-11/h1-5,8-10H,6H2,(H,17,18). The van der Waals surface area contributed by atoms with Crippen LogP contribution in [-0.4, -0.2) is 9.97 Å². The zero-order valence-corrected chi connectivity index (χ0v) is 9.72. The molecule has 3 heteroatoms. The Hall–Kier alpha value is -2.60. The third-order valence-corrected chi connectivity index (χ3v) is 2.99. The average molecular weight is 233 g/mol. The second-order valence-corrected chi connectivity index (χ2v) is 4.13. The molecule has 0 radical (unpaired) electrons. The van der Waals surface area contributed by atoms with Gasteiger partial charge in [0.2, 0.25) is 0 Å². The van der Waals surface area contributed by atoms with Gasteiger partial charge >= 0.3 is 0 Å². The lowest BCUT2D eigenvalue weighted by Crippen LogP contribution is -1.83. The summed E-state index contributed by atoms with van der Waals surface area (Å²) in [6.07, 6.45) is 4.11. The van der Waals surface area contributed by atoms with Crippen molar-refractivity contribution in [2.75, 3.05) is 0 Å². The van der Waals surface area contributed by atoms with Gasteiger partial charge in [0.25, 0.3) is 0 Å². The molecule has 0 atom stereocenters. The number of nitrogens with zero attached hydrogens (tertiary/aromatic N) is 2. The smallest absolute Gasteiger partial charge is 0.137 e. The molecule has 3 rings (SSSR count). The number of benzene rings is 1. The van der Waals surface area contributed by atoms with Crippen LogP contribution in [0.5, 0.6) is 0 Å². The fourth-order valence-corrected chi connectivity index (χ4v) is 2.08. The summed E-state index contributed by atoms with van der Waals surface area (Å²) in [6, 6.07) is 14.4. The monoisotopic (exact) mass is 233 g/mol. The van der Waals surface area contributed by atoms with E-state index < -0.39 is 0 Å². The summed E-state index contributed by atoms with van der Waals surface area (Å²) < 4.78 is 0. The Morgan fingerprint density at radius 1 is 1.17 bits per heavy atom. The number of H-pyrrole nitrogens is 1. The molecule has 0 fully saturated rings. The molecule has 1 aromatic carbocycles. The molecule has 0 aliphatic rings. The molecular formula is C15H11N3. The van der Waals surface area contributed by atoms with Crippen molar-refractivity contribution in [3.63, 3.8) is 0 Å². The summed E-state index contributed by atoms with van der Waals surface area (Å²) >= 11 is 0. The van der Waals surface area contributed by atoms with Gasteiger partial charge in [-0.15, -0.1) is 0 Å². The molecule has 0 saturated carbocycles. The third kappa shape index (κ3) is 1.74. The number of rotatable bonds is 2. The SMILES string of the molecule is N#CCc1c[nH]c2ncc(-c3ccccc3)cc12. The minimum Gasteiger partial charge on any atom is -0.346 e. The van der Waals surface area contributed by atoms with E-state index in [1.807, 2.05) is 30.6 Å². The van der Waals surface area contributed by atoms with Crippen molar-refractivity contribution in [1.82, 2.24) is 9.97 Å². The first kappa shape index (κ1) is 10.5. The number of aromatic amines is 1. The Balaban J connectivity index is 2.16. The molecule has 86 valence electrons. The molecule has 0 saturated heterocycles. The summed E-state index contributed by atoms with van der Waals surface area (Å²) in [6.45, 7) is 0. The van der Waals surface area contributed by atoms with E-state index in [0.717, 1.165) is 27.7 Å². The third-order valence-electron chi connectivity index (χ3n) is 2.99. The van der Waals surface area contributed by atoms with Gasteiger partial charge in [0.1, 0.15) is 5.65 Å². The van der Waals surface area contributed by atoms with E-state index in [2.05, 4.69) is 34.2 Å². The number of hydrogen-bond donors (Lipinski definition) is 1. The second kappa shape index (κ2) is 4.34. The van der Waals surface area contributed by atoms with Gasteiger partial charge in [0.05, 0.1) is 12.5 Å². The van der Waals surface area contributed by atoms with Crippen molar-refractivity contribution in [2.45, 2.75) is 6.42 Å². The Morgan fingerprint density at radius 3 is 2.78 bits per heavy atom. The molecule has 0 spiro atoms. The number of fused-ring (bicyclic) bond motifs is 1. The van der Waals surface area contributed by atoms with Gasteiger partial charge in [-0.25, -0.2) is 4.98 Å². The minimum atomic E-state index is 0.403. The highest BCUT2D eigenvalue weighted by Gasteiger charge is 2.06. The van der Waals surface area contributed by atoms with Crippen LogP contribution in [-0.2, 0) is 6.42 Å². The number of nitriles is 1. The van der Waals surface area contributed by atoms with Gasteiger partial charge < -0.3 is 4.98 Å². The van der Waals surface area contributed by atoms with Crippen LogP contribution in [0.25, 0.3) is 22.2 Å². The van der Waals surface area contributed by atoms with Crippen LogP contribution < -0.4 is 0 Å². The largest absolute Gasteiger partial charge is 0.346 e. The number of pyridine rings is 1. The fraction of sp³-hybridized carbons (Fsp3) is 0.0667. The Kier molecular flexibility index (Phi) is 2.54. The maximum Gasteiger partial charge on any atom is 0.137 e. The van der Waals surface area contributed by atoms with E-state index in [1.54, 1.807) is 0 Å². The van der Waals surface area contributed by atoms with Crippen molar-refractivity contribution in [3.8, 4) is 17.2 Å². The normalized spacial score (nSPS) is 10.4. The van der Waals surface area contributed by atoms with E-state index in [0.29, 0.717) is 6.42 Å². The van der Waals surface area contributed by atoms with E-state index in [-0.39, 0.29) is 0 Å². The maximum absolute atomic E-state index is 8.80. The highest BCUT2D eigenvalue weighted by Crippen LogP contribution is 2.24. The molecule has 0 bridgehead atoms. The van der Waals surface area contributed by atoms with Crippen LogP contribution in [0, 0.1) is 11.3 Å². The lowest BCUT2D eigenvalue weighted by atomic mass is 10.1. The average Bonchev–Trinajstić information content (AvgIpc) is 2.83. The molecule has 3 aromatic rings. The van der Waals surface area contributed by atoms with Crippen molar-refractivity contribution in [1.29, 1.82) is 5.26 Å². The summed E-state index contributed by atoms with van der Waals surface area (Å²) in [5.41, 5.74) is 4.04. The maximum atomic E-state index is 8.80. The highest BCUT2D eigenvalue weighted by molar-refractivity contribution is 5.84. The van der Waals surface area contributed by atoms with E-state index >= 15 is 0 Å². The number of nitrogens with one attached hydrogen (secondary N) is 1. The fourth-order valence-electron chi connectivity index (χ4n) is 2.08. The van der Waals surface area contributed by atoms with Crippen LogP contribution in [0.2, 0.25) is 0 Å². The predicted molar refractivity (Wildman–Crippen MR) is 70.8 cm³/mol. The molecular weight excluding hydrogens is 222 g/mol. The quantitative estimate of drug-likeness (QED) is 0.738. The lowest BCUT2D eigenvalue weighted by Gasteiger charge is -2.01. The van der Waals surface area contributed by atoms with E-state index in [9.17, 15) is 0 Å². The van der Waals surface area contributed by atoms with Crippen LogP contribution in [0.1, 0.15) is 5.56 Å². The Bertz CT molecular complexity index is 720. The summed E-state index contributed by atoms with van der Waals surface area (Å²) in [7, 11) is 0. The van der Waals surface area contributed by atoms with Crippen molar-refractivity contribution < 1.29 is 0 Å². The molecule has 2 aromatic heterocycles. The molecule has 0 unspecified atom stereocenters. The Morgan fingerprint density at radius 2 is 2.00 bits per heavy atom. The second-order valence-electron chi connectivity index (χ2n) is 4.13. The predicted octanol–water partition coefficient (Wildman–Crippen LogP) is 3.30. The van der Waals surface area contributed by atoms with Crippen molar-refractivity contribution in [3.05, 3.63) is 54.4 Å². The molecule has 18 heavy (non-hydrogen) atoms.